The minimum Gasteiger partial charge on any atom is -0.359 e. The van der Waals surface area contributed by atoms with Gasteiger partial charge in [-0.25, -0.2) is 0 Å². The van der Waals surface area contributed by atoms with Crippen LogP contribution in [0, 0.1) is 11.8 Å². The summed E-state index contributed by atoms with van der Waals surface area (Å²) in [6.45, 7) is 4.32. The Labute approximate surface area is 245 Å². The minimum absolute atomic E-state index is 0.102. The summed E-state index contributed by atoms with van der Waals surface area (Å²) < 4.78 is 6.48. The number of halogens is 2. The molecule has 4 aliphatic heterocycles. The molecule has 10 heteroatoms. The number of carbonyl (C=O) groups excluding carboxylic acids is 3. The van der Waals surface area contributed by atoms with E-state index in [9.17, 15) is 14.4 Å². The summed E-state index contributed by atoms with van der Waals surface area (Å²) in [6, 6.07) is 4.56. The van der Waals surface area contributed by atoms with Crippen LogP contribution in [0.25, 0.3) is 0 Å². The first-order valence-corrected chi connectivity index (χ1v) is 15.5. The van der Waals surface area contributed by atoms with E-state index in [0.29, 0.717) is 34.9 Å². The molecule has 8 nitrogen and oxygen atoms in total. The van der Waals surface area contributed by atoms with Gasteiger partial charge in [0.2, 0.25) is 17.7 Å². The van der Waals surface area contributed by atoms with E-state index in [1.807, 2.05) is 12.2 Å². The van der Waals surface area contributed by atoms with E-state index in [0.717, 1.165) is 45.1 Å². The maximum absolute atomic E-state index is 14.2. The molecule has 1 spiro atoms. The number of amides is 3. The van der Waals surface area contributed by atoms with Crippen molar-refractivity contribution < 1.29 is 19.1 Å². The summed E-state index contributed by atoms with van der Waals surface area (Å²) in [4.78, 5) is 46.0. The average molecular weight is 590 g/mol. The second-order valence-corrected chi connectivity index (χ2v) is 13.0. The fraction of sp³-hybridized carbons (Fsp3) is 0.633. The summed E-state index contributed by atoms with van der Waals surface area (Å²) in [5, 5.41) is 6.95. The summed E-state index contributed by atoms with van der Waals surface area (Å²) in [7, 11) is 0. The van der Waals surface area contributed by atoms with Crippen molar-refractivity contribution in [2.24, 2.45) is 11.8 Å². The Balaban J connectivity index is 1.27. The van der Waals surface area contributed by atoms with Gasteiger partial charge < -0.3 is 20.3 Å². The maximum Gasteiger partial charge on any atom is 0.246 e. The van der Waals surface area contributed by atoms with Crippen molar-refractivity contribution in [3.8, 4) is 0 Å². The van der Waals surface area contributed by atoms with Crippen LogP contribution in [-0.4, -0.2) is 77.0 Å². The van der Waals surface area contributed by atoms with E-state index >= 15 is 0 Å². The molecule has 6 rings (SSSR count). The maximum atomic E-state index is 14.2. The summed E-state index contributed by atoms with van der Waals surface area (Å²) in [5.74, 6) is -2.25. The van der Waals surface area contributed by atoms with Crippen LogP contribution in [0.4, 0.5) is 5.69 Å². The lowest BCUT2D eigenvalue weighted by molar-refractivity contribution is -0.141. The second-order valence-electron chi connectivity index (χ2n) is 12.1. The predicted octanol–water partition coefficient (Wildman–Crippen LogP) is 4.41. The van der Waals surface area contributed by atoms with Crippen LogP contribution < -0.4 is 10.6 Å². The molecular weight excluding hydrogens is 551 g/mol. The third-order valence-electron chi connectivity index (χ3n) is 9.58. The fourth-order valence-corrected chi connectivity index (χ4v) is 8.14. The van der Waals surface area contributed by atoms with Gasteiger partial charge in [-0.15, -0.1) is 0 Å². The number of carbonyl (C=O) groups is 3. The van der Waals surface area contributed by atoms with Crippen molar-refractivity contribution in [1.82, 2.24) is 15.1 Å². The molecule has 1 aromatic carbocycles. The van der Waals surface area contributed by atoms with Crippen molar-refractivity contribution >= 4 is 46.6 Å². The number of ether oxygens (including phenoxy) is 1. The molecular formula is C30H38Cl2N4O4. The third-order valence-corrected chi connectivity index (χ3v) is 10.0. The van der Waals surface area contributed by atoms with Crippen molar-refractivity contribution in [2.75, 3.05) is 25.0 Å². The first-order chi connectivity index (χ1) is 19.3. The molecule has 6 atom stereocenters. The van der Waals surface area contributed by atoms with Gasteiger partial charge in [-0.3, -0.25) is 19.3 Å². The zero-order chi connectivity index (χ0) is 28.0. The molecule has 1 aliphatic carbocycles. The number of anilines is 1. The first-order valence-electron chi connectivity index (χ1n) is 14.8. The van der Waals surface area contributed by atoms with E-state index < -0.39 is 29.6 Å². The number of likely N-dealkylation sites (tertiary alicyclic amines) is 2. The third kappa shape index (κ3) is 5.06. The Morgan fingerprint density at radius 2 is 1.73 bits per heavy atom. The van der Waals surface area contributed by atoms with Crippen molar-refractivity contribution in [1.29, 1.82) is 0 Å². The number of nitrogens with zero attached hydrogens (tertiary/aromatic N) is 2. The zero-order valence-electron chi connectivity index (χ0n) is 22.9. The molecule has 216 valence electrons. The van der Waals surface area contributed by atoms with Crippen LogP contribution in [0.3, 0.4) is 0 Å². The Morgan fingerprint density at radius 1 is 1.00 bits per heavy atom. The molecule has 3 saturated heterocycles. The number of nitrogens with one attached hydrogen (secondary N) is 2. The summed E-state index contributed by atoms with van der Waals surface area (Å²) in [5.41, 5.74) is -0.710. The SMILES string of the molecule is CC1CCCCN1CCN1C(=O)[C@@H]2C(C(=O)Nc3cc(Cl)cc(Cl)c3)[C@@H]3C=CC2(O3)C1C(=O)NC1CCCCC1. The summed E-state index contributed by atoms with van der Waals surface area (Å²) in [6.07, 6.45) is 11.9. The van der Waals surface area contributed by atoms with Gasteiger partial charge in [0, 0.05) is 40.9 Å². The van der Waals surface area contributed by atoms with E-state index in [1.165, 1.54) is 12.8 Å². The van der Waals surface area contributed by atoms with Crippen LogP contribution in [-0.2, 0) is 19.1 Å². The van der Waals surface area contributed by atoms with Gasteiger partial charge in [-0.1, -0.05) is 61.0 Å². The lowest BCUT2D eigenvalue weighted by Crippen LogP contribution is -2.57. The molecule has 40 heavy (non-hydrogen) atoms. The van der Waals surface area contributed by atoms with Crippen LogP contribution in [0.1, 0.15) is 58.3 Å². The quantitative estimate of drug-likeness (QED) is 0.460. The number of hydrogen-bond acceptors (Lipinski definition) is 5. The highest BCUT2D eigenvalue weighted by molar-refractivity contribution is 6.35. The Bertz CT molecular complexity index is 1180. The average Bonchev–Trinajstić information content (AvgIpc) is 3.55. The van der Waals surface area contributed by atoms with Crippen molar-refractivity contribution in [3.05, 3.63) is 40.4 Å². The highest BCUT2D eigenvalue weighted by Crippen LogP contribution is 2.55. The van der Waals surface area contributed by atoms with Crippen LogP contribution in [0.2, 0.25) is 10.0 Å². The molecule has 4 unspecified atom stereocenters. The normalized spacial score (nSPS) is 33.8. The molecule has 2 bridgehead atoms. The molecule has 1 aromatic rings. The number of hydrogen-bond donors (Lipinski definition) is 2. The van der Waals surface area contributed by atoms with Gasteiger partial charge in [-0.05, 0) is 57.4 Å². The number of rotatable bonds is 7. The number of fused-ring (bicyclic) bond motifs is 1. The second kappa shape index (κ2) is 11.3. The van der Waals surface area contributed by atoms with Gasteiger partial charge in [0.25, 0.3) is 0 Å². The van der Waals surface area contributed by atoms with Crippen molar-refractivity contribution in [3.63, 3.8) is 0 Å². The molecule has 2 N–H and O–H groups in total. The highest BCUT2D eigenvalue weighted by Gasteiger charge is 2.72. The van der Waals surface area contributed by atoms with E-state index in [4.69, 9.17) is 27.9 Å². The molecule has 4 fully saturated rings. The monoisotopic (exact) mass is 588 g/mol. The minimum atomic E-state index is -1.16. The molecule has 1 saturated carbocycles. The molecule has 3 amide bonds. The van der Waals surface area contributed by atoms with Gasteiger partial charge in [0.1, 0.15) is 11.6 Å². The topological polar surface area (TPSA) is 91.0 Å². The van der Waals surface area contributed by atoms with E-state index in [2.05, 4.69) is 22.5 Å². The molecule has 5 aliphatic rings. The highest BCUT2D eigenvalue weighted by atomic mass is 35.5. The van der Waals surface area contributed by atoms with Crippen LogP contribution in [0.15, 0.2) is 30.4 Å². The van der Waals surface area contributed by atoms with E-state index in [1.54, 1.807) is 23.1 Å². The molecule has 0 aromatic heterocycles. The Kier molecular flexibility index (Phi) is 7.89. The van der Waals surface area contributed by atoms with Gasteiger partial charge in [0.15, 0.2) is 0 Å². The van der Waals surface area contributed by atoms with Crippen molar-refractivity contribution in [2.45, 2.75) is 88.1 Å². The Morgan fingerprint density at radius 3 is 2.45 bits per heavy atom. The van der Waals surface area contributed by atoms with Gasteiger partial charge in [0.05, 0.1) is 17.9 Å². The standard InChI is InChI=1S/C30H38Cl2N4O4/c1-18-7-5-6-12-35(18)13-14-36-26(28(38)33-21-8-3-2-4-9-21)30-11-10-23(40-30)24(25(30)29(36)39)27(37)34-22-16-19(31)15-20(32)17-22/h10-11,15-18,21,23-26H,2-9,12-14H2,1H3,(H,33,38)(H,34,37)/t18?,23-,24?,25-,26?,30?/m0/s1. The zero-order valence-corrected chi connectivity index (χ0v) is 24.4. The number of benzene rings is 1. The van der Waals surface area contributed by atoms with Gasteiger partial charge >= 0.3 is 0 Å². The lowest BCUT2D eigenvalue weighted by atomic mass is 9.74. The van der Waals surface area contributed by atoms with Gasteiger partial charge in [-0.2, -0.15) is 0 Å². The largest absolute Gasteiger partial charge is 0.359 e. The van der Waals surface area contributed by atoms with E-state index in [-0.39, 0.29) is 23.8 Å². The molecule has 4 heterocycles. The predicted molar refractivity (Wildman–Crippen MR) is 154 cm³/mol. The smallest absolute Gasteiger partial charge is 0.246 e. The number of piperidine rings is 1. The van der Waals surface area contributed by atoms with Crippen LogP contribution >= 0.6 is 23.2 Å². The lowest BCUT2D eigenvalue weighted by Gasteiger charge is -2.37. The fourth-order valence-electron chi connectivity index (χ4n) is 7.61. The van der Waals surface area contributed by atoms with Crippen LogP contribution in [0.5, 0.6) is 0 Å². The first kappa shape index (κ1) is 28.0. The summed E-state index contributed by atoms with van der Waals surface area (Å²) >= 11 is 12.3. The Hall–Kier alpha value is -2.13. The molecule has 0 radical (unpaired) electrons.